The molecule has 0 bridgehead atoms. The van der Waals surface area contributed by atoms with Crippen molar-refractivity contribution in [3.8, 4) is 0 Å². The molecule has 0 aliphatic heterocycles. The summed E-state index contributed by atoms with van der Waals surface area (Å²) in [6, 6.07) is 7.81. The molecular weight excluding hydrogens is 280 g/mol. The zero-order valence-electron chi connectivity index (χ0n) is 12.9. The van der Waals surface area contributed by atoms with E-state index in [-0.39, 0.29) is 18.2 Å². The number of hydrogen-bond acceptors (Lipinski definition) is 3. The quantitative estimate of drug-likeness (QED) is 0.685. The number of ketones is 1. The number of carboxylic acids is 1. The van der Waals surface area contributed by atoms with Gasteiger partial charge in [-0.1, -0.05) is 18.2 Å². The normalized spacial score (nSPS) is 13.2. The van der Waals surface area contributed by atoms with Gasteiger partial charge in [-0.3, -0.25) is 9.59 Å². The van der Waals surface area contributed by atoms with Crippen LogP contribution in [0, 0.1) is 5.41 Å². The van der Waals surface area contributed by atoms with Crippen molar-refractivity contribution in [3.05, 3.63) is 36.0 Å². The van der Waals surface area contributed by atoms with E-state index in [1.165, 1.54) is 13.8 Å². The summed E-state index contributed by atoms with van der Waals surface area (Å²) >= 11 is 0. The van der Waals surface area contributed by atoms with Crippen LogP contribution in [0.5, 0.6) is 0 Å². The predicted octanol–water partition coefficient (Wildman–Crippen LogP) is 2.50. The number of fused-ring (bicyclic) bond motifs is 1. The smallest absolute Gasteiger partial charge is 0.316 e. The van der Waals surface area contributed by atoms with Crippen LogP contribution in [-0.4, -0.2) is 27.9 Å². The summed E-state index contributed by atoms with van der Waals surface area (Å²) in [6.45, 7) is 2.87. The minimum Gasteiger partial charge on any atom is -0.481 e. The van der Waals surface area contributed by atoms with Crippen molar-refractivity contribution in [1.29, 1.82) is 0 Å². The van der Waals surface area contributed by atoms with Gasteiger partial charge < -0.3 is 15.8 Å². The molecule has 0 aliphatic carbocycles. The Labute approximate surface area is 129 Å². The Hall–Kier alpha value is -2.14. The minimum absolute atomic E-state index is 0.173. The summed E-state index contributed by atoms with van der Waals surface area (Å²) in [4.78, 5) is 26.2. The van der Waals surface area contributed by atoms with Crippen molar-refractivity contribution in [3.63, 3.8) is 0 Å². The first-order chi connectivity index (χ1) is 10.3. The average Bonchev–Trinajstić information content (AvgIpc) is 2.88. The van der Waals surface area contributed by atoms with Crippen molar-refractivity contribution in [2.24, 2.45) is 11.1 Å². The number of rotatable bonds is 7. The van der Waals surface area contributed by atoms with Crippen LogP contribution in [0.1, 0.15) is 32.3 Å². The van der Waals surface area contributed by atoms with Gasteiger partial charge >= 0.3 is 5.97 Å². The van der Waals surface area contributed by atoms with Crippen LogP contribution in [0.2, 0.25) is 0 Å². The maximum absolute atomic E-state index is 12.0. The van der Waals surface area contributed by atoms with Gasteiger partial charge in [0.25, 0.3) is 0 Å². The van der Waals surface area contributed by atoms with Gasteiger partial charge in [-0.15, -0.1) is 0 Å². The average molecular weight is 302 g/mol. The van der Waals surface area contributed by atoms with Gasteiger partial charge in [0.1, 0.15) is 11.2 Å². The number of carbonyl (C=O) groups excluding carboxylic acids is 1. The van der Waals surface area contributed by atoms with Crippen molar-refractivity contribution in [2.75, 3.05) is 0 Å². The zero-order valence-corrected chi connectivity index (χ0v) is 12.9. The molecule has 1 atom stereocenters. The van der Waals surface area contributed by atoms with Crippen LogP contribution in [0.3, 0.4) is 0 Å². The third-order valence-corrected chi connectivity index (χ3v) is 4.13. The monoisotopic (exact) mass is 302 g/mol. The van der Waals surface area contributed by atoms with Gasteiger partial charge in [-0.05, 0) is 38.3 Å². The Morgan fingerprint density at radius 1 is 1.32 bits per heavy atom. The Morgan fingerprint density at radius 2 is 2.00 bits per heavy atom. The lowest BCUT2D eigenvalue weighted by Gasteiger charge is -2.18. The van der Waals surface area contributed by atoms with E-state index in [4.69, 9.17) is 10.8 Å². The number of hydrogen-bond donors (Lipinski definition) is 3. The largest absolute Gasteiger partial charge is 0.481 e. The van der Waals surface area contributed by atoms with E-state index in [1.54, 1.807) is 0 Å². The van der Waals surface area contributed by atoms with E-state index in [1.807, 2.05) is 30.5 Å². The number of para-hydroxylation sites is 1. The van der Waals surface area contributed by atoms with E-state index >= 15 is 0 Å². The standard InChI is InChI=1S/C17H22N2O3/c1-17(2,16(21)22)15(20)8-7-12(18)9-11-10-19-14-6-4-3-5-13(11)14/h3-6,10,12,19H,7-9,18H2,1-2H3,(H,21,22)/t12-/m0/s1. The minimum atomic E-state index is -1.35. The molecular formula is C17H22N2O3. The third kappa shape index (κ3) is 3.36. The van der Waals surface area contributed by atoms with Crippen molar-refractivity contribution < 1.29 is 14.7 Å². The lowest BCUT2D eigenvalue weighted by atomic mass is 9.85. The molecule has 1 aromatic heterocycles. The summed E-state index contributed by atoms with van der Waals surface area (Å²) in [5.74, 6) is -1.38. The summed E-state index contributed by atoms with van der Waals surface area (Å²) in [6.07, 6.45) is 3.26. The van der Waals surface area contributed by atoms with Gasteiger partial charge in [-0.25, -0.2) is 0 Å². The molecule has 0 spiro atoms. The molecule has 1 heterocycles. The molecule has 22 heavy (non-hydrogen) atoms. The Balaban J connectivity index is 1.95. The second-order valence-corrected chi connectivity index (χ2v) is 6.22. The van der Waals surface area contributed by atoms with Gasteiger partial charge in [0.05, 0.1) is 0 Å². The summed E-state index contributed by atoms with van der Waals surface area (Å²) in [5.41, 5.74) is 6.94. The molecule has 2 aromatic rings. The number of aliphatic carboxylic acids is 1. The van der Waals surface area contributed by atoms with E-state index < -0.39 is 11.4 Å². The number of aromatic amines is 1. The molecule has 5 heteroatoms. The Kier molecular flexibility index (Phi) is 4.66. The first-order valence-electron chi connectivity index (χ1n) is 7.39. The molecule has 0 aliphatic rings. The molecule has 5 nitrogen and oxygen atoms in total. The lowest BCUT2D eigenvalue weighted by molar-refractivity contribution is -0.152. The second-order valence-electron chi connectivity index (χ2n) is 6.22. The summed E-state index contributed by atoms with van der Waals surface area (Å²) in [5, 5.41) is 10.2. The van der Waals surface area contributed by atoms with Crippen molar-refractivity contribution in [2.45, 2.75) is 39.2 Å². The van der Waals surface area contributed by atoms with Crippen LogP contribution < -0.4 is 5.73 Å². The SMILES string of the molecule is CC(C)(C(=O)O)C(=O)CC[C@H](N)Cc1c[nH]c2ccccc12. The summed E-state index contributed by atoms with van der Waals surface area (Å²) in [7, 11) is 0. The molecule has 1 aromatic carbocycles. The fourth-order valence-corrected chi connectivity index (χ4v) is 2.43. The number of Topliss-reactive ketones (excluding diaryl/α,β-unsaturated/α-hetero) is 1. The van der Waals surface area contributed by atoms with Gasteiger partial charge in [0, 0.05) is 29.6 Å². The first kappa shape index (κ1) is 16.2. The first-order valence-corrected chi connectivity index (χ1v) is 7.39. The molecule has 0 saturated carbocycles. The second kappa shape index (κ2) is 6.32. The van der Waals surface area contributed by atoms with E-state index in [0.717, 1.165) is 16.5 Å². The topological polar surface area (TPSA) is 96.2 Å². The molecule has 0 unspecified atom stereocenters. The number of nitrogens with two attached hydrogens (primary N) is 1. The maximum Gasteiger partial charge on any atom is 0.316 e. The van der Waals surface area contributed by atoms with Crippen molar-refractivity contribution >= 4 is 22.7 Å². The Morgan fingerprint density at radius 3 is 2.68 bits per heavy atom. The van der Waals surface area contributed by atoms with Gasteiger partial charge in [-0.2, -0.15) is 0 Å². The fourth-order valence-electron chi connectivity index (χ4n) is 2.43. The number of H-pyrrole nitrogens is 1. The number of benzene rings is 1. The fraction of sp³-hybridized carbons (Fsp3) is 0.412. The van der Waals surface area contributed by atoms with Crippen LogP contribution in [0.4, 0.5) is 0 Å². The highest BCUT2D eigenvalue weighted by atomic mass is 16.4. The van der Waals surface area contributed by atoms with Crippen LogP contribution in [0.15, 0.2) is 30.5 Å². The maximum atomic E-state index is 12.0. The van der Waals surface area contributed by atoms with E-state index in [0.29, 0.717) is 12.8 Å². The predicted molar refractivity (Wildman–Crippen MR) is 85.6 cm³/mol. The van der Waals surface area contributed by atoms with Gasteiger partial charge in [0.2, 0.25) is 0 Å². The highest BCUT2D eigenvalue weighted by Gasteiger charge is 2.35. The highest BCUT2D eigenvalue weighted by molar-refractivity contribution is 6.02. The summed E-state index contributed by atoms with van der Waals surface area (Å²) < 4.78 is 0. The lowest BCUT2D eigenvalue weighted by Crippen LogP contribution is -2.34. The molecule has 0 fully saturated rings. The number of carbonyl (C=O) groups is 2. The van der Waals surface area contributed by atoms with Crippen LogP contribution >= 0.6 is 0 Å². The molecule has 0 radical (unpaired) electrons. The molecule has 0 saturated heterocycles. The Bertz CT molecular complexity index is 688. The number of aromatic nitrogens is 1. The zero-order chi connectivity index (χ0) is 16.3. The molecule has 0 amide bonds. The van der Waals surface area contributed by atoms with Crippen LogP contribution in [0.25, 0.3) is 10.9 Å². The van der Waals surface area contributed by atoms with Crippen molar-refractivity contribution in [1.82, 2.24) is 4.98 Å². The molecule has 2 rings (SSSR count). The molecule has 118 valence electrons. The number of nitrogens with one attached hydrogen (secondary N) is 1. The highest BCUT2D eigenvalue weighted by Crippen LogP contribution is 2.22. The van der Waals surface area contributed by atoms with Gasteiger partial charge in [0.15, 0.2) is 0 Å². The van der Waals surface area contributed by atoms with E-state index in [2.05, 4.69) is 4.98 Å². The third-order valence-electron chi connectivity index (χ3n) is 4.13. The number of carboxylic acid groups (broad SMARTS) is 1. The molecule has 4 N–H and O–H groups in total. The van der Waals surface area contributed by atoms with E-state index in [9.17, 15) is 9.59 Å². The van der Waals surface area contributed by atoms with Crippen LogP contribution in [-0.2, 0) is 16.0 Å².